The fourth-order valence-electron chi connectivity index (χ4n) is 2.56. The van der Waals surface area contributed by atoms with Crippen molar-refractivity contribution >= 4 is 23.6 Å². The zero-order chi connectivity index (χ0) is 16.8. The van der Waals surface area contributed by atoms with Crippen LogP contribution in [-0.2, 0) is 12.1 Å². The normalized spacial score (nSPS) is 23.3. The first kappa shape index (κ1) is 16.2. The van der Waals surface area contributed by atoms with Gasteiger partial charge in [0, 0.05) is 23.6 Å². The topological polar surface area (TPSA) is 35.8 Å². The average Bonchev–Trinajstić information content (AvgIpc) is 3.29. The van der Waals surface area contributed by atoms with Gasteiger partial charge in [0.25, 0.3) is 0 Å². The molecule has 0 aromatic heterocycles. The summed E-state index contributed by atoms with van der Waals surface area (Å²) in [6.07, 6.45) is -1.85. The van der Waals surface area contributed by atoms with Crippen LogP contribution in [0.4, 0.5) is 18.9 Å². The first-order chi connectivity index (χ1) is 10.8. The first-order valence-electron chi connectivity index (χ1n) is 7.10. The number of alkyl halides is 3. The maximum atomic E-state index is 14.0. The number of hydrogen-bond donors (Lipinski definition) is 1. The van der Waals surface area contributed by atoms with E-state index in [0.29, 0.717) is 5.56 Å². The maximum Gasteiger partial charge on any atom is 0.427 e. The van der Waals surface area contributed by atoms with Crippen LogP contribution in [0.2, 0.25) is 5.02 Å². The molecule has 1 aliphatic carbocycles. The highest BCUT2D eigenvalue weighted by atomic mass is 35.5. The monoisotopic (exact) mass is 342 g/mol. The van der Waals surface area contributed by atoms with E-state index in [2.05, 4.69) is 16.8 Å². The van der Waals surface area contributed by atoms with Crippen molar-refractivity contribution in [3.05, 3.63) is 28.3 Å². The molecule has 0 amide bonds. The van der Waals surface area contributed by atoms with Gasteiger partial charge in [-0.1, -0.05) is 23.4 Å². The van der Waals surface area contributed by atoms with E-state index >= 15 is 0 Å². The molecule has 1 heterocycles. The van der Waals surface area contributed by atoms with Crippen LogP contribution in [0, 0.1) is 17.8 Å². The zero-order valence-electron chi connectivity index (χ0n) is 12.3. The average molecular weight is 343 g/mol. The van der Waals surface area contributed by atoms with Gasteiger partial charge in [0.15, 0.2) is 0 Å². The summed E-state index contributed by atoms with van der Waals surface area (Å²) in [5, 5.41) is 9.32. The molecule has 0 spiro atoms. The molecular formula is C16H14ClF3N2O. The number of aliphatic hydroxyl groups is 1. The number of aliphatic imine (C=N–C) groups is 1. The Hall–Kier alpha value is -1.71. The van der Waals surface area contributed by atoms with Gasteiger partial charge in [0.1, 0.15) is 0 Å². The van der Waals surface area contributed by atoms with Gasteiger partial charge >= 0.3 is 6.18 Å². The molecule has 1 saturated carbocycles. The molecule has 0 radical (unpaired) electrons. The molecule has 1 aromatic rings. The van der Waals surface area contributed by atoms with Crippen LogP contribution in [-0.4, -0.2) is 29.6 Å². The van der Waals surface area contributed by atoms with Gasteiger partial charge < -0.3 is 10.0 Å². The maximum absolute atomic E-state index is 14.0. The first-order valence-corrected chi connectivity index (χ1v) is 7.47. The summed E-state index contributed by atoms with van der Waals surface area (Å²) >= 11 is 6.02. The molecule has 1 N–H and O–H groups in total. The lowest BCUT2D eigenvalue weighted by Gasteiger charge is -2.41. The lowest BCUT2D eigenvalue weighted by atomic mass is 9.85. The fraction of sp³-hybridized carbons (Fsp3) is 0.438. The highest BCUT2D eigenvalue weighted by Crippen LogP contribution is 2.49. The Balaban J connectivity index is 2.26. The number of rotatable bonds is 1. The summed E-state index contributed by atoms with van der Waals surface area (Å²) in [6, 6.07) is 2.59. The smallest absolute Gasteiger partial charge is 0.392 e. The number of halogens is 4. The van der Waals surface area contributed by atoms with Crippen molar-refractivity contribution in [2.75, 3.05) is 7.05 Å². The minimum absolute atomic E-state index is 0.0251. The minimum atomic E-state index is -4.63. The predicted octanol–water partition coefficient (Wildman–Crippen LogP) is 3.61. The molecule has 3 nitrogen and oxygen atoms in total. The summed E-state index contributed by atoms with van der Waals surface area (Å²) in [5.41, 5.74) is -2.13. The Bertz CT molecular complexity index is 731. The summed E-state index contributed by atoms with van der Waals surface area (Å²) in [7, 11) is 1.30. The Kier molecular flexibility index (Phi) is 3.81. The third kappa shape index (κ3) is 2.58. The van der Waals surface area contributed by atoms with E-state index in [-0.39, 0.29) is 28.8 Å². The quantitative estimate of drug-likeness (QED) is 0.791. The second kappa shape index (κ2) is 5.43. The van der Waals surface area contributed by atoms with Gasteiger partial charge in [-0.3, -0.25) is 0 Å². The van der Waals surface area contributed by atoms with Crippen LogP contribution in [0.1, 0.15) is 24.0 Å². The van der Waals surface area contributed by atoms with Crippen molar-refractivity contribution < 1.29 is 18.3 Å². The van der Waals surface area contributed by atoms with Crippen LogP contribution in [0.25, 0.3) is 0 Å². The van der Waals surface area contributed by atoms with Crippen LogP contribution < -0.4 is 0 Å². The largest absolute Gasteiger partial charge is 0.427 e. The van der Waals surface area contributed by atoms with Crippen molar-refractivity contribution in [2.45, 2.75) is 31.2 Å². The van der Waals surface area contributed by atoms with E-state index in [0.717, 1.165) is 24.1 Å². The lowest BCUT2D eigenvalue weighted by Crippen LogP contribution is -2.54. The number of hydrogen-bond acceptors (Lipinski definition) is 3. The second-order valence-corrected chi connectivity index (χ2v) is 6.13. The van der Waals surface area contributed by atoms with Crippen LogP contribution in [0.5, 0.6) is 0 Å². The third-order valence-electron chi connectivity index (χ3n) is 4.07. The van der Waals surface area contributed by atoms with Gasteiger partial charge in [-0.15, -0.1) is 0 Å². The van der Waals surface area contributed by atoms with Gasteiger partial charge in [-0.2, -0.15) is 13.2 Å². The Morgan fingerprint density at radius 3 is 2.70 bits per heavy atom. The highest BCUT2D eigenvalue weighted by Gasteiger charge is 2.60. The standard InChI is InChI=1S/C16H14ClF3N2O/c1-22-9-21-14-6-11(8-23)13(17)7-12(14)15(22,16(18,19)20)5-4-10-2-3-10/h6-7,9-10,23H,2-3,8H2,1H3. The van der Waals surface area contributed by atoms with E-state index < -0.39 is 11.7 Å². The molecule has 1 aromatic carbocycles. The molecule has 7 heteroatoms. The predicted molar refractivity (Wildman–Crippen MR) is 81.5 cm³/mol. The van der Waals surface area contributed by atoms with E-state index in [1.807, 2.05) is 0 Å². The van der Waals surface area contributed by atoms with E-state index in [1.165, 1.54) is 19.2 Å². The summed E-state index contributed by atoms with van der Waals surface area (Å²) in [4.78, 5) is 5.01. The Labute approximate surface area is 136 Å². The zero-order valence-corrected chi connectivity index (χ0v) is 13.0. The summed E-state index contributed by atoms with van der Waals surface area (Å²) in [6.45, 7) is -0.371. The number of aliphatic hydroxyl groups excluding tert-OH is 1. The van der Waals surface area contributed by atoms with Gasteiger partial charge in [-0.05, 0) is 30.5 Å². The van der Waals surface area contributed by atoms with Crippen LogP contribution in [0.3, 0.4) is 0 Å². The molecule has 23 heavy (non-hydrogen) atoms. The molecule has 122 valence electrons. The molecule has 1 fully saturated rings. The summed E-state index contributed by atoms with van der Waals surface area (Å²) < 4.78 is 42.0. The Morgan fingerprint density at radius 1 is 1.43 bits per heavy atom. The van der Waals surface area contributed by atoms with Gasteiger partial charge in [-0.25, -0.2) is 4.99 Å². The van der Waals surface area contributed by atoms with E-state index in [4.69, 9.17) is 11.6 Å². The second-order valence-electron chi connectivity index (χ2n) is 5.73. The van der Waals surface area contributed by atoms with Crippen molar-refractivity contribution in [3.8, 4) is 11.8 Å². The highest BCUT2D eigenvalue weighted by molar-refractivity contribution is 6.31. The van der Waals surface area contributed by atoms with Crippen molar-refractivity contribution in [1.29, 1.82) is 0 Å². The molecule has 2 aliphatic rings. The van der Waals surface area contributed by atoms with E-state index in [1.54, 1.807) is 0 Å². The molecular weight excluding hydrogens is 329 g/mol. The van der Waals surface area contributed by atoms with Crippen molar-refractivity contribution in [2.24, 2.45) is 10.9 Å². The molecule has 3 rings (SSSR count). The molecule has 0 saturated heterocycles. The van der Waals surface area contributed by atoms with Gasteiger partial charge in [0.2, 0.25) is 5.54 Å². The molecule has 1 aliphatic heterocycles. The number of benzene rings is 1. The van der Waals surface area contributed by atoms with Crippen molar-refractivity contribution in [1.82, 2.24) is 4.90 Å². The van der Waals surface area contributed by atoms with E-state index in [9.17, 15) is 18.3 Å². The summed E-state index contributed by atoms with van der Waals surface area (Å²) in [5.74, 6) is 5.20. The fourth-order valence-corrected chi connectivity index (χ4v) is 2.78. The van der Waals surface area contributed by atoms with Crippen molar-refractivity contribution in [3.63, 3.8) is 0 Å². The minimum Gasteiger partial charge on any atom is -0.392 e. The van der Waals surface area contributed by atoms with Gasteiger partial charge in [0.05, 0.1) is 18.6 Å². The van der Waals surface area contributed by atoms with Crippen LogP contribution >= 0.6 is 11.6 Å². The lowest BCUT2D eigenvalue weighted by molar-refractivity contribution is -0.200. The molecule has 1 unspecified atom stereocenters. The third-order valence-corrected chi connectivity index (χ3v) is 4.42. The van der Waals surface area contributed by atoms with Crippen LogP contribution in [0.15, 0.2) is 17.1 Å². The molecule has 1 atom stereocenters. The number of nitrogens with zero attached hydrogens (tertiary/aromatic N) is 2. The Morgan fingerprint density at radius 2 is 2.13 bits per heavy atom. The number of fused-ring (bicyclic) bond motifs is 1. The SMILES string of the molecule is CN1C=Nc2cc(CO)c(Cl)cc2C1(C#CC1CC1)C(F)(F)F. The molecule has 0 bridgehead atoms.